The molecule has 2 aromatic carbocycles. The van der Waals surface area contributed by atoms with Crippen LogP contribution < -0.4 is 10.6 Å². The molecule has 6 rings (SSSR count). The number of piperidine rings is 2. The summed E-state index contributed by atoms with van der Waals surface area (Å²) in [6.45, 7) is 1.62. The molecule has 0 saturated carbocycles. The van der Waals surface area contributed by atoms with E-state index in [0.717, 1.165) is 22.7 Å². The number of aromatic hydroxyl groups is 1. The number of phenols is 1. The lowest BCUT2D eigenvalue weighted by atomic mass is 9.89. The summed E-state index contributed by atoms with van der Waals surface area (Å²) in [6.07, 6.45) is 6.02. The molecule has 2 fully saturated rings. The normalized spacial score (nSPS) is 19.8. The van der Waals surface area contributed by atoms with Crippen LogP contribution in [0, 0.1) is 0 Å². The van der Waals surface area contributed by atoms with Gasteiger partial charge in [-0.3, -0.25) is 18.9 Å². The van der Waals surface area contributed by atoms with Crippen LogP contribution in [-0.2, 0) is 11.2 Å². The van der Waals surface area contributed by atoms with Gasteiger partial charge in [-0.2, -0.15) is 0 Å². The number of pyridine rings is 1. The third-order valence-corrected chi connectivity index (χ3v) is 12.2. The van der Waals surface area contributed by atoms with Crippen molar-refractivity contribution in [3.05, 3.63) is 81.0 Å². The molecule has 5 amide bonds. The number of phenolic OH excluding ortho intramolecular Hbond substituents is 1. The number of amides is 5. The fraction of sp³-hybridized carbons (Fsp3) is 0.375. The smallest absolute Gasteiger partial charge is 0.340 e. The molecule has 12 nitrogen and oxygen atoms in total. The maximum Gasteiger partial charge on any atom is 0.340 e. The Morgan fingerprint density at radius 1 is 0.957 bits per heavy atom. The lowest BCUT2D eigenvalue weighted by Gasteiger charge is -2.51. The van der Waals surface area contributed by atoms with Gasteiger partial charge in [0.05, 0.1) is 20.7 Å². The van der Waals surface area contributed by atoms with Crippen LogP contribution in [0.15, 0.2) is 74.8 Å². The predicted molar refractivity (Wildman–Crippen MR) is 185 cm³/mol. The molecule has 0 radical (unpaired) electrons. The lowest BCUT2D eigenvalue weighted by Crippen LogP contribution is -2.57. The van der Waals surface area contributed by atoms with E-state index in [1.165, 1.54) is 5.56 Å². The van der Waals surface area contributed by atoms with Crippen molar-refractivity contribution in [2.45, 2.75) is 55.0 Å². The maximum atomic E-state index is 14.0. The van der Waals surface area contributed by atoms with Crippen LogP contribution in [0.2, 0.25) is 0 Å². The van der Waals surface area contributed by atoms with Gasteiger partial charge in [-0.1, -0.05) is 22.9 Å². The molecule has 0 bridgehead atoms. The number of benzene rings is 2. The zero-order chi connectivity index (χ0) is 33.3. The fourth-order valence-electron chi connectivity index (χ4n) is 6.58. The summed E-state index contributed by atoms with van der Waals surface area (Å²) in [4.78, 5) is 48.3. The highest BCUT2D eigenvalue weighted by atomic mass is 79.9. The molecule has 3 aliphatic rings. The minimum atomic E-state index is -3.56. The van der Waals surface area contributed by atoms with Gasteiger partial charge in [-0.25, -0.2) is 13.9 Å². The molecule has 5 N–H and O–H groups in total. The van der Waals surface area contributed by atoms with Crippen molar-refractivity contribution < 1.29 is 28.6 Å². The molecule has 2 saturated heterocycles. The molecule has 0 aliphatic carbocycles. The van der Waals surface area contributed by atoms with Crippen molar-refractivity contribution in [1.82, 2.24) is 24.4 Å². The Morgan fingerprint density at radius 3 is 2.23 bits per heavy atom. The standard InChI is InChI=1S/C32H36Br2N6O6S/c33-24-17-20(18-25(34)29(24)41)19-27(30(42)38-13-7-22(8-14-38)21-5-11-35-12-6-21)37-31(43)39-15-9-23(10-16-39)40-32(44)36-26-3-1-2-4-28(26)47(40,45)46/h1-6,11-12,17-18,22-23,27,41,45-46H,7-10,13-16,19H2,(H,36,44)(H,37,43)/t27-/m1/s1. The van der Waals surface area contributed by atoms with Crippen LogP contribution in [0.4, 0.5) is 15.3 Å². The Hall–Kier alpha value is -3.37. The number of urea groups is 2. The topological polar surface area (TPSA) is 159 Å². The Labute approximate surface area is 291 Å². The van der Waals surface area contributed by atoms with Crippen LogP contribution in [0.3, 0.4) is 0 Å². The van der Waals surface area contributed by atoms with Crippen molar-refractivity contribution in [3.63, 3.8) is 0 Å². The van der Waals surface area contributed by atoms with E-state index in [1.807, 2.05) is 12.1 Å². The van der Waals surface area contributed by atoms with Gasteiger partial charge in [0.2, 0.25) is 5.91 Å². The number of nitrogens with one attached hydrogen (secondary N) is 2. The van der Waals surface area contributed by atoms with E-state index in [4.69, 9.17) is 0 Å². The van der Waals surface area contributed by atoms with Crippen molar-refractivity contribution in [3.8, 4) is 5.75 Å². The van der Waals surface area contributed by atoms with Gasteiger partial charge >= 0.3 is 12.1 Å². The largest absolute Gasteiger partial charge is 0.506 e. The van der Waals surface area contributed by atoms with Crippen molar-refractivity contribution in [2.75, 3.05) is 31.5 Å². The van der Waals surface area contributed by atoms with E-state index in [-0.39, 0.29) is 36.1 Å². The number of nitrogens with zero attached hydrogens (tertiary/aromatic N) is 4. The number of para-hydroxylation sites is 1. The minimum Gasteiger partial charge on any atom is -0.506 e. The zero-order valence-electron chi connectivity index (χ0n) is 25.4. The number of fused-ring (bicyclic) bond motifs is 1. The fourth-order valence-corrected chi connectivity index (χ4v) is 9.65. The number of halogens is 2. The van der Waals surface area contributed by atoms with E-state index in [0.29, 0.717) is 46.5 Å². The summed E-state index contributed by atoms with van der Waals surface area (Å²) >= 11 is 6.72. The van der Waals surface area contributed by atoms with Gasteiger partial charge in [0.1, 0.15) is 16.7 Å². The number of aromatic nitrogens is 1. The SMILES string of the molecule is O=C(N[C@H](Cc1cc(Br)c(O)c(Br)c1)C(=O)N1CCC(c2ccncc2)CC1)N1CCC(N2C(=O)Nc3ccccc3S2(O)O)CC1. The van der Waals surface area contributed by atoms with E-state index < -0.39 is 34.9 Å². The molecule has 3 aromatic rings. The Balaban J connectivity index is 1.13. The quantitative estimate of drug-likeness (QED) is 0.194. The van der Waals surface area contributed by atoms with Crippen LogP contribution in [0.25, 0.3) is 0 Å². The van der Waals surface area contributed by atoms with Crippen LogP contribution in [-0.4, -0.2) is 89.5 Å². The first-order valence-electron chi connectivity index (χ1n) is 15.4. The molecule has 1 aromatic heterocycles. The van der Waals surface area contributed by atoms with Gasteiger partial charge < -0.3 is 25.5 Å². The molecular formula is C32H36Br2N6O6S. The van der Waals surface area contributed by atoms with Crippen LogP contribution in [0.5, 0.6) is 5.75 Å². The predicted octanol–water partition coefficient (Wildman–Crippen LogP) is 6.38. The van der Waals surface area contributed by atoms with Gasteiger partial charge in [0.15, 0.2) is 0 Å². The monoisotopic (exact) mass is 790 g/mol. The average Bonchev–Trinajstić information content (AvgIpc) is 3.07. The lowest BCUT2D eigenvalue weighted by molar-refractivity contribution is -0.134. The molecule has 4 heterocycles. The summed E-state index contributed by atoms with van der Waals surface area (Å²) in [5.41, 5.74) is 2.31. The van der Waals surface area contributed by atoms with Gasteiger partial charge in [0.25, 0.3) is 0 Å². The molecule has 3 aliphatic heterocycles. The first kappa shape index (κ1) is 33.5. The summed E-state index contributed by atoms with van der Waals surface area (Å²) in [5.74, 6) is 0.192. The summed E-state index contributed by atoms with van der Waals surface area (Å²) in [6, 6.07) is 11.7. The third kappa shape index (κ3) is 7.09. The number of carbonyl (C=O) groups is 3. The number of anilines is 1. The molecular weight excluding hydrogens is 756 g/mol. The molecule has 250 valence electrons. The average molecular weight is 793 g/mol. The first-order valence-corrected chi connectivity index (χ1v) is 18.5. The second kappa shape index (κ2) is 14.0. The summed E-state index contributed by atoms with van der Waals surface area (Å²) < 4.78 is 24.3. The second-order valence-electron chi connectivity index (χ2n) is 12.0. The minimum absolute atomic E-state index is 0.0456. The van der Waals surface area contributed by atoms with Crippen LogP contribution >= 0.6 is 42.6 Å². The Kier molecular flexibility index (Phi) is 9.99. The molecule has 0 unspecified atom stereocenters. The van der Waals surface area contributed by atoms with Gasteiger partial charge in [0, 0.05) is 45.0 Å². The number of carbonyl (C=O) groups excluding carboxylic acids is 3. The van der Waals surface area contributed by atoms with E-state index >= 15 is 0 Å². The molecule has 0 spiro atoms. The Bertz CT molecular complexity index is 1630. The number of likely N-dealkylation sites (tertiary alicyclic amines) is 2. The van der Waals surface area contributed by atoms with Crippen LogP contribution in [0.1, 0.15) is 42.7 Å². The molecule has 15 heteroatoms. The highest BCUT2D eigenvalue weighted by Crippen LogP contribution is 2.58. The van der Waals surface area contributed by atoms with Crippen molar-refractivity contribution in [2.24, 2.45) is 0 Å². The zero-order valence-corrected chi connectivity index (χ0v) is 29.4. The second-order valence-corrected chi connectivity index (χ2v) is 15.6. The van der Waals surface area contributed by atoms with Crippen molar-refractivity contribution >= 4 is 66.3 Å². The third-order valence-electron chi connectivity index (χ3n) is 9.08. The molecule has 47 heavy (non-hydrogen) atoms. The first-order chi connectivity index (χ1) is 22.5. The van der Waals surface area contributed by atoms with E-state index in [9.17, 15) is 28.6 Å². The number of hydrogen-bond acceptors (Lipinski definition) is 7. The van der Waals surface area contributed by atoms with Gasteiger partial charge in [-0.15, -0.1) is 0 Å². The molecule has 1 atom stereocenters. The summed E-state index contributed by atoms with van der Waals surface area (Å²) in [5, 5.41) is 15.9. The highest BCUT2D eigenvalue weighted by molar-refractivity contribution is 9.11. The van der Waals surface area contributed by atoms with Gasteiger partial charge in [-0.05, 0) is 111 Å². The highest BCUT2D eigenvalue weighted by Gasteiger charge is 2.43. The van der Waals surface area contributed by atoms with Crippen molar-refractivity contribution in [1.29, 1.82) is 0 Å². The number of hydrogen-bond donors (Lipinski definition) is 5. The maximum absolute atomic E-state index is 14.0. The Morgan fingerprint density at radius 2 is 1.57 bits per heavy atom. The summed E-state index contributed by atoms with van der Waals surface area (Å²) in [7, 11) is -3.56. The number of rotatable bonds is 6. The van der Waals surface area contributed by atoms with E-state index in [1.54, 1.807) is 58.6 Å². The van der Waals surface area contributed by atoms with E-state index in [2.05, 4.69) is 47.5 Å².